The molecule has 1 aromatic heterocycles. The minimum atomic E-state index is 0.791. The van der Waals surface area contributed by atoms with E-state index in [9.17, 15) is 0 Å². The van der Waals surface area contributed by atoms with Crippen LogP contribution in [0.25, 0.3) is 0 Å². The molecule has 1 aliphatic heterocycles. The molecule has 0 saturated carbocycles. The van der Waals surface area contributed by atoms with Gasteiger partial charge < -0.3 is 5.73 Å². The number of fused-ring (bicyclic) bond motifs is 1. The number of hydrogen-bond acceptors (Lipinski definition) is 2. The molecule has 0 spiro atoms. The average molecular weight is 165 g/mol. The molecule has 0 bridgehead atoms. The maximum absolute atomic E-state index is 5.53. The lowest BCUT2D eigenvalue weighted by atomic mass is 9.93. The van der Waals surface area contributed by atoms with Crippen LogP contribution in [0.4, 0.5) is 0 Å². The van der Waals surface area contributed by atoms with Gasteiger partial charge in [-0.3, -0.25) is 4.68 Å². The second-order valence-corrected chi connectivity index (χ2v) is 3.48. The first-order chi connectivity index (χ1) is 5.90. The number of hydrogen-bond donors (Lipinski definition) is 1. The predicted octanol–water partition coefficient (Wildman–Crippen LogP) is 0.794. The van der Waals surface area contributed by atoms with Crippen LogP contribution in [0.1, 0.15) is 18.5 Å². The molecule has 1 aliphatic rings. The van der Waals surface area contributed by atoms with Crippen molar-refractivity contribution >= 4 is 0 Å². The molecule has 1 atom stereocenters. The van der Waals surface area contributed by atoms with Gasteiger partial charge in [-0.05, 0) is 37.8 Å². The number of nitrogens with two attached hydrogens (primary N) is 1. The van der Waals surface area contributed by atoms with Crippen LogP contribution in [0.2, 0.25) is 0 Å². The summed E-state index contributed by atoms with van der Waals surface area (Å²) in [5, 5.41) is 4.24. The third-order valence-electron chi connectivity index (χ3n) is 2.63. The first-order valence-corrected chi connectivity index (χ1v) is 4.61. The van der Waals surface area contributed by atoms with Gasteiger partial charge in [0.2, 0.25) is 0 Å². The average Bonchev–Trinajstić information content (AvgIpc) is 2.51. The van der Waals surface area contributed by atoms with Crippen molar-refractivity contribution in [2.75, 3.05) is 6.54 Å². The van der Waals surface area contributed by atoms with Crippen molar-refractivity contribution in [3.05, 3.63) is 18.0 Å². The fourth-order valence-electron chi connectivity index (χ4n) is 1.92. The van der Waals surface area contributed by atoms with E-state index in [2.05, 4.69) is 15.8 Å². The SMILES string of the molecule is NCCC1CCn2nccc2C1. The second kappa shape index (κ2) is 3.27. The second-order valence-electron chi connectivity index (χ2n) is 3.48. The fourth-order valence-corrected chi connectivity index (χ4v) is 1.92. The molecule has 2 heterocycles. The minimum absolute atomic E-state index is 0.791. The summed E-state index contributed by atoms with van der Waals surface area (Å²) in [4.78, 5) is 0. The van der Waals surface area contributed by atoms with Crippen molar-refractivity contribution in [1.82, 2.24) is 9.78 Å². The van der Waals surface area contributed by atoms with Gasteiger partial charge in [-0.25, -0.2) is 0 Å². The molecule has 3 nitrogen and oxygen atoms in total. The summed E-state index contributed by atoms with van der Waals surface area (Å²) in [5.41, 5.74) is 6.91. The molecule has 2 rings (SSSR count). The van der Waals surface area contributed by atoms with E-state index in [1.165, 1.54) is 12.1 Å². The highest BCUT2D eigenvalue weighted by atomic mass is 15.3. The fraction of sp³-hybridized carbons (Fsp3) is 0.667. The third-order valence-corrected chi connectivity index (χ3v) is 2.63. The number of aryl methyl sites for hydroxylation is 1. The maximum atomic E-state index is 5.53. The summed E-state index contributed by atoms with van der Waals surface area (Å²) in [5.74, 6) is 0.791. The van der Waals surface area contributed by atoms with Gasteiger partial charge in [-0.1, -0.05) is 0 Å². The van der Waals surface area contributed by atoms with E-state index in [-0.39, 0.29) is 0 Å². The lowest BCUT2D eigenvalue weighted by Crippen LogP contribution is -2.21. The predicted molar refractivity (Wildman–Crippen MR) is 47.7 cm³/mol. The van der Waals surface area contributed by atoms with Gasteiger partial charge in [0.25, 0.3) is 0 Å². The van der Waals surface area contributed by atoms with Gasteiger partial charge in [-0.15, -0.1) is 0 Å². The van der Waals surface area contributed by atoms with Crippen LogP contribution >= 0.6 is 0 Å². The topological polar surface area (TPSA) is 43.8 Å². The molecule has 0 fully saturated rings. The molecule has 0 amide bonds. The Labute approximate surface area is 72.6 Å². The molecule has 0 aliphatic carbocycles. The number of aromatic nitrogens is 2. The van der Waals surface area contributed by atoms with Crippen LogP contribution in [0.3, 0.4) is 0 Å². The van der Waals surface area contributed by atoms with E-state index in [1.54, 1.807) is 0 Å². The van der Waals surface area contributed by atoms with Crippen LogP contribution in [0, 0.1) is 5.92 Å². The zero-order chi connectivity index (χ0) is 8.39. The Morgan fingerprint density at radius 3 is 3.42 bits per heavy atom. The van der Waals surface area contributed by atoms with Gasteiger partial charge in [0, 0.05) is 18.4 Å². The van der Waals surface area contributed by atoms with Gasteiger partial charge in [0.1, 0.15) is 0 Å². The van der Waals surface area contributed by atoms with Crippen LogP contribution in [-0.2, 0) is 13.0 Å². The minimum Gasteiger partial charge on any atom is -0.330 e. The maximum Gasteiger partial charge on any atom is 0.0492 e. The highest BCUT2D eigenvalue weighted by Gasteiger charge is 2.17. The highest BCUT2D eigenvalue weighted by Crippen LogP contribution is 2.21. The quantitative estimate of drug-likeness (QED) is 0.704. The molecule has 3 heteroatoms. The summed E-state index contributed by atoms with van der Waals surface area (Å²) in [6.45, 7) is 1.89. The zero-order valence-electron chi connectivity index (χ0n) is 7.24. The molecular weight excluding hydrogens is 150 g/mol. The molecule has 0 saturated heterocycles. The first-order valence-electron chi connectivity index (χ1n) is 4.61. The Morgan fingerprint density at radius 2 is 2.58 bits per heavy atom. The highest BCUT2D eigenvalue weighted by molar-refractivity contribution is 5.04. The molecule has 0 aromatic carbocycles. The first kappa shape index (κ1) is 7.80. The molecule has 1 aromatic rings. The van der Waals surface area contributed by atoms with Crippen molar-refractivity contribution in [2.24, 2.45) is 11.7 Å². The molecule has 1 unspecified atom stereocenters. The number of rotatable bonds is 2. The van der Waals surface area contributed by atoms with Crippen molar-refractivity contribution in [3.8, 4) is 0 Å². The third kappa shape index (κ3) is 1.37. The standard InChI is InChI=1S/C9H15N3/c10-4-1-8-3-6-12-9(7-8)2-5-11-12/h2,5,8H,1,3-4,6-7,10H2. The Morgan fingerprint density at radius 1 is 1.67 bits per heavy atom. The smallest absolute Gasteiger partial charge is 0.0492 e. The van der Waals surface area contributed by atoms with E-state index in [4.69, 9.17) is 5.73 Å². The summed E-state index contributed by atoms with van der Waals surface area (Å²) in [6, 6.07) is 2.11. The van der Waals surface area contributed by atoms with Crippen LogP contribution < -0.4 is 5.73 Å². The number of nitrogens with zero attached hydrogens (tertiary/aromatic N) is 2. The Kier molecular flexibility index (Phi) is 2.13. The summed E-state index contributed by atoms with van der Waals surface area (Å²) >= 11 is 0. The van der Waals surface area contributed by atoms with E-state index in [0.717, 1.165) is 31.8 Å². The van der Waals surface area contributed by atoms with E-state index < -0.39 is 0 Å². The van der Waals surface area contributed by atoms with Crippen LogP contribution in [-0.4, -0.2) is 16.3 Å². The molecule has 66 valence electrons. The lowest BCUT2D eigenvalue weighted by molar-refractivity contribution is 0.353. The molecule has 12 heavy (non-hydrogen) atoms. The van der Waals surface area contributed by atoms with E-state index >= 15 is 0 Å². The molecule has 0 radical (unpaired) electrons. The summed E-state index contributed by atoms with van der Waals surface area (Å²) in [7, 11) is 0. The Balaban J connectivity index is 2.05. The van der Waals surface area contributed by atoms with Crippen LogP contribution in [0.5, 0.6) is 0 Å². The van der Waals surface area contributed by atoms with Crippen molar-refractivity contribution < 1.29 is 0 Å². The largest absolute Gasteiger partial charge is 0.330 e. The zero-order valence-corrected chi connectivity index (χ0v) is 7.24. The monoisotopic (exact) mass is 165 g/mol. The van der Waals surface area contributed by atoms with Gasteiger partial charge in [0.05, 0.1) is 0 Å². The summed E-state index contributed by atoms with van der Waals surface area (Å²) < 4.78 is 2.10. The van der Waals surface area contributed by atoms with E-state index in [1.807, 2.05) is 6.20 Å². The summed E-state index contributed by atoms with van der Waals surface area (Å²) in [6.07, 6.45) is 5.45. The molecular formula is C9H15N3. The lowest BCUT2D eigenvalue weighted by Gasteiger charge is -2.22. The normalized spacial score (nSPS) is 22.2. The van der Waals surface area contributed by atoms with Crippen molar-refractivity contribution in [3.63, 3.8) is 0 Å². The van der Waals surface area contributed by atoms with E-state index in [0.29, 0.717) is 0 Å². The van der Waals surface area contributed by atoms with Gasteiger partial charge in [0.15, 0.2) is 0 Å². The van der Waals surface area contributed by atoms with Crippen molar-refractivity contribution in [2.45, 2.75) is 25.8 Å². The van der Waals surface area contributed by atoms with Crippen LogP contribution in [0.15, 0.2) is 12.3 Å². The molecule has 2 N–H and O–H groups in total. The van der Waals surface area contributed by atoms with Gasteiger partial charge in [-0.2, -0.15) is 5.10 Å². The van der Waals surface area contributed by atoms with Gasteiger partial charge >= 0.3 is 0 Å². The Hall–Kier alpha value is -0.830. The van der Waals surface area contributed by atoms with Crippen molar-refractivity contribution in [1.29, 1.82) is 0 Å². The Bertz CT molecular complexity index is 254.